The summed E-state index contributed by atoms with van der Waals surface area (Å²) in [6.07, 6.45) is -1.51. The third-order valence-corrected chi connectivity index (χ3v) is 1.96. The molecule has 2 heterocycles. The maximum Gasteiger partial charge on any atom is 0.347 e. The standard InChI is InChI=1S/C4H5F2N3O2.C4H4FN3O.2CH4/c5-4(6)1(7)8-3(11)9-2(4)10;5-2-1-7-4(9)8-3(2)6;;/h2,10H,(H3,7,8,9,11);1H,(H3,6,7,8,9);2*1H4. The third kappa shape index (κ3) is 5.05. The van der Waals surface area contributed by atoms with E-state index in [0.717, 1.165) is 6.20 Å². The van der Waals surface area contributed by atoms with Crippen molar-refractivity contribution in [2.75, 3.05) is 5.73 Å². The summed E-state index contributed by atoms with van der Waals surface area (Å²) in [7, 11) is 0. The van der Waals surface area contributed by atoms with Gasteiger partial charge in [-0.15, -0.1) is 0 Å². The van der Waals surface area contributed by atoms with Crippen molar-refractivity contribution >= 4 is 17.7 Å². The van der Waals surface area contributed by atoms with E-state index in [1.54, 1.807) is 0 Å². The second-order valence-electron chi connectivity index (χ2n) is 3.42. The van der Waals surface area contributed by atoms with E-state index < -0.39 is 35.5 Å². The number of aliphatic imine (C=N–C) groups is 1. The quantitative estimate of drug-likeness (QED) is 0.443. The number of alkyl halides is 2. The van der Waals surface area contributed by atoms with Gasteiger partial charge in [0, 0.05) is 0 Å². The number of aromatic nitrogens is 2. The molecule has 0 fully saturated rings. The first-order chi connectivity index (χ1) is 9.14. The Balaban J connectivity index is 0. The van der Waals surface area contributed by atoms with E-state index in [4.69, 9.17) is 10.8 Å². The lowest BCUT2D eigenvalue weighted by Gasteiger charge is -2.25. The summed E-state index contributed by atoms with van der Waals surface area (Å²) in [5, 5.41) is 10.0. The zero-order valence-corrected chi connectivity index (χ0v) is 9.60. The summed E-state index contributed by atoms with van der Waals surface area (Å²) in [5.74, 6) is -5.84. The number of nitrogens with two attached hydrogens (primary N) is 2. The van der Waals surface area contributed by atoms with Crippen LogP contribution in [0.25, 0.3) is 0 Å². The Kier molecular flexibility index (Phi) is 7.85. The average Bonchev–Trinajstić information content (AvgIpc) is 2.33. The number of nitrogens with zero attached hydrogens (tertiary/aromatic N) is 2. The van der Waals surface area contributed by atoms with E-state index in [-0.39, 0.29) is 20.7 Å². The number of halogens is 3. The number of aromatic amines is 1. The second-order valence-corrected chi connectivity index (χ2v) is 3.42. The van der Waals surface area contributed by atoms with Crippen molar-refractivity contribution in [3.8, 4) is 0 Å². The van der Waals surface area contributed by atoms with Gasteiger partial charge >= 0.3 is 17.6 Å². The molecular formula is C10H17F3N6O3. The lowest BCUT2D eigenvalue weighted by atomic mass is 10.2. The molecule has 22 heavy (non-hydrogen) atoms. The number of anilines is 1. The van der Waals surface area contributed by atoms with Gasteiger partial charge < -0.3 is 21.9 Å². The minimum atomic E-state index is -3.67. The molecule has 2 rings (SSSR count). The van der Waals surface area contributed by atoms with Crippen molar-refractivity contribution in [3.63, 3.8) is 0 Å². The van der Waals surface area contributed by atoms with Crippen LogP contribution in [0.5, 0.6) is 0 Å². The molecule has 12 heteroatoms. The number of H-pyrrole nitrogens is 1. The van der Waals surface area contributed by atoms with Gasteiger partial charge in [-0.3, -0.25) is 4.98 Å². The number of hydrogen-bond donors (Lipinski definition) is 5. The van der Waals surface area contributed by atoms with E-state index >= 15 is 0 Å². The molecule has 1 unspecified atom stereocenters. The number of urea groups is 1. The molecule has 1 aromatic rings. The number of nitrogens with one attached hydrogen (secondary N) is 2. The lowest BCUT2D eigenvalue weighted by molar-refractivity contribution is -0.0672. The molecule has 1 aliphatic heterocycles. The largest absolute Gasteiger partial charge is 0.383 e. The maximum atomic E-state index is 12.4. The first kappa shape index (κ1) is 21.7. The summed E-state index contributed by atoms with van der Waals surface area (Å²) in [5.41, 5.74) is 8.98. The van der Waals surface area contributed by atoms with Crippen molar-refractivity contribution in [1.82, 2.24) is 15.3 Å². The van der Waals surface area contributed by atoms with Crippen molar-refractivity contribution in [1.29, 1.82) is 0 Å². The van der Waals surface area contributed by atoms with Gasteiger partial charge in [-0.05, 0) is 0 Å². The molecular weight excluding hydrogens is 309 g/mol. The van der Waals surface area contributed by atoms with Crippen LogP contribution < -0.4 is 22.5 Å². The number of aliphatic hydroxyl groups excluding tert-OH is 1. The highest BCUT2D eigenvalue weighted by atomic mass is 19.3. The Hall–Kier alpha value is -2.63. The van der Waals surface area contributed by atoms with Crippen LogP contribution in [0.3, 0.4) is 0 Å². The molecule has 9 nitrogen and oxygen atoms in total. The fourth-order valence-corrected chi connectivity index (χ4v) is 0.956. The summed E-state index contributed by atoms with van der Waals surface area (Å²) in [6, 6.07) is -1.07. The zero-order valence-electron chi connectivity index (χ0n) is 9.60. The van der Waals surface area contributed by atoms with E-state index in [0.29, 0.717) is 0 Å². The molecule has 0 aromatic carbocycles. The van der Waals surface area contributed by atoms with Gasteiger partial charge in [-0.1, -0.05) is 14.9 Å². The van der Waals surface area contributed by atoms with Crippen LogP contribution >= 0.6 is 0 Å². The monoisotopic (exact) mass is 326 g/mol. The van der Waals surface area contributed by atoms with Crippen LogP contribution in [0, 0.1) is 5.82 Å². The van der Waals surface area contributed by atoms with Crippen LogP contribution in [0.15, 0.2) is 16.0 Å². The van der Waals surface area contributed by atoms with Gasteiger partial charge in [0.25, 0.3) is 0 Å². The van der Waals surface area contributed by atoms with Gasteiger partial charge in [-0.2, -0.15) is 18.8 Å². The van der Waals surface area contributed by atoms with Gasteiger partial charge in [0.15, 0.2) is 11.7 Å². The Morgan fingerprint density at radius 1 is 1.27 bits per heavy atom. The van der Waals surface area contributed by atoms with Gasteiger partial charge in [-0.25, -0.2) is 14.0 Å². The Morgan fingerprint density at radius 2 is 1.82 bits per heavy atom. The fourth-order valence-electron chi connectivity index (χ4n) is 0.956. The highest BCUT2D eigenvalue weighted by molar-refractivity contribution is 5.99. The minimum Gasteiger partial charge on any atom is -0.383 e. The first-order valence-electron chi connectivity index (χ1n) is 4.86. The highest BCUT2D eigenvalue weighted by Crippen LogP contribution is 2.19. The van der Waals surface area contributed by atoms with Crippen LogP contribution in [0.2, 0.25) is 0 Å². The number of amidine groups is 1. The minimum absolute atomic E-state index is 0. The number of amides is 2. The number of nitrogen functional groups attached to an aromatic ring is 1. The number of carbonyl (C=O) groups is 1. The van der Waals surface area contributed by atoms with Gasteiger partial charge in [0.2, 0.25) is 6.23 Å². The fraction of sp³-hybridized carbons (Fsp3) is 0.400. The summed E-state index contributed by atoms with van der Waals surface area (Å²) in [6.45, 7) is 0. The van der Waals surface area contributed by atoms with Gasteiger partial charge in [0.05, 0.1) is 6.20 Å². The number of carbonyl (C=O) groups excluding carboxylic acids is 1. The second kappa shape index (κ2) is 7.97. The molecule has 0 saturated heterocycles. The van der Waals surface area contributed by atoms with Crippen LogP contribution in [0.1, 0.15) is 14.9 Å². The van der Waals surface area contributed by atoms with Crippen LogP contribution in [-0.2, 0) is 0 Å². The molecule has 7 N–H and O–H groups in total. The van der Waals surface area contributed by atoms with Crippen molar-refractivity contribution in [2.24, 2.45) is 10.7 Å². The normalized spacial score (nSPS) is 18.5. The predicted octanol–water partition coefficient (Wildman–Crippen LogP) is -0.216. The molecule has 0 bridgehead atoms. The number of aliphatic hydroxyl groups is 1. The Morgan fingerprint density at radius 3 is 2.23 bits per heavy atom. The number of rotatable bonds is 0. The molecule has 0 radical (unpaired) electrons. The lowest BCUT2D eigenvalue weighted by Crippen LogP contribution is -2.58. The van der Waals surface area contributed by atoms with Crippen molar-refractivity contribution < 1.29 is 23.1 Å². The Labute approximate surface area is 123 Å². The molecule has 126 valence electrons. The maximum absolute atomic E-state index is 12.4. The van der Waals surface area contributed by atoms with Gasteiger partial charge in [0.1, 0.15) is 5.82 Å². The molecule has 2 amide bonds. The summed E-state index contributed by atoms with van der Waals surface area (Å²) >= 11 is 0. The van der Waals surface area contributed by atoms with E-state index in [2.05, 4.69) is 15.7 Å². The van der Waals surface area contributed by atoms with Crippen molar-refractivity contribution in [3.05, 3.63) is 22.5 Å². The average molecular weight is 326 g/mol. The predicted molar refractivity (Wildman–Crippen MR) is 73.8 cm³/mol. The van der Waals surface area contributed by atoms with E-state index in [1.807, 2.05) is 4.98 Å². The smallest absolute Gasteiger partial charge is 0.347 e. The third-order valence-electron chi connectivity index (χ3n) is 1.96. The number of hydrogen-bond acceptors (Lipinski definition) is 6. The first-order valence-corrected chi connectivity index (χ1v) is 4.86. The van der Waals surface area contributed by atoms with Crippen LogP contribution in [-0.4, -0.2) is 39.1 Å². The summed E-state index contributed by atoms with van der Waals surface area (Å²) in [4.78, 5) is 28.3. The molecule has 0 saturated carbocycles. The van der Waals surface area contributed by atoms with E-state index in [9.17, 15) is 22.8 Å². The molecule has 1 atom stereocenters. The molecule has 0 spiro atoms. The Bertz CT molecular complexity index is 604. The topological polar surface area (TPSA) is 159 Å². The summed E-state index contributed by atoms with van der Waals surface area (Å²) < 4.78 is 37.0. The SMILES string of the molecule is C.C.NC1=NC(=O)NC(O)C1(F)F.Nc1[nH]c(=O)ncc1F. The zero-order chi connectivity index (χ0) is 15.5. The highest BCUT2D eigenvalue weighted by Gasteiger charge is 2.47. The molecule has 1 aliphatic rings. The molecule has 0 aliphatic carbocycles. The molecule has 1 aromatic heterocycles. The van der Waals surface area contributed by atoms with Crippen LogP contribution in [0.4, 0.5) is 23.8 Å². The van der Waals surface area contributed by atoms with Crippen molar-refractivity contribution in [2.45, 2.75) is 27.0 Å². The van der Waals surface area contributed by atoms with E-state index in [1.165, 1.54) is 5.32 Å².